The lowest BCUT2D eigenvalue weighted by molar-refractivity contribution is 0.158. The zero-order chi connectivity index (χ0) is 10.1. The predicted molar refractivity (Wildman–Crippen MR) is 55.4 cm³/mol. The van der Waals surface area contributed by atoms with Crippen LogP contribution in [0.1, 0.15) is 0 Å². The van der Waals surface area contributed by atoms with Gasteiger partial charge < -0.3 is 4.84 Å². The van der Waals surface area contributed by atoms with Gasteiger partial charge in [0.25, 0.3) is 0 Å². The summed E-state index contributed by atoms with van der Waals surface area (Å²) in [6, 6.07) is 7.72. The van der Waals surface area contributed by atoms with Crippen LogP contribution in [-0.4, -0.2) is 9.97 Å². The van der Waals surface area contributed by atoms with Gasteiger partial charge in [-0.15, -0.1) is 0 Å². The van der Waals surface area contributed by atoms with Crippen LogP contribution in [0.25, 0.3) is 11.0 Å². The fourth-order valence-corrected chi connectivity index (χ4v) is 1.40. The van der Waals surface area contributed by atoms with Crippen molar-refractivity contribution in [2.75, 3.05) is 5.01 Å². The summed E-state index contributed by atoms with van der Waals surface area (Å²) in [6.45, 7) is 0. The number of hydrogen-bond acceptors (Lipinski definition) is 5. The van der Waals surface area contributed by atoms with Gasteiger partial charge in [0.05, 0.1) is 23.4 Å². The highest BCUT2D eigenvalue weighted by molar-refractivity contribution is 5.75. The first-order valence-electron chi connectivity index (χ1n) is 4.52. The van der Waals surface area contributed by atoms with Crippen molar-refractivity contribution in [3.8, 4) is 0 Å². The molecule has 0 bridgehead atoms. The van der Waals surface area contributed by atoms with Crippen molar-refractivity contribution in [3.05, 3.63) is 42.9 Å². The van der Waals surface area contributed by atoms with Crippen LogP contribution in [0.3, 0.4) is 0 Å². The predicted octanol–water partition coefficient (Wildman–Crippen LogP) is 1.36. The summed E-state index contributed by atoms with van der Waals surface area (Å²) in [7, 11) is 0. The Balaban J connectivity index is 2.09. The van der Waals surface area contributed by atoms with Gasteiger partial charge in [-0.2, -0.15) is 0 Å². The van der Waals surface area contributed by atoms with Gasteiger partial charge in [-0.05, 0) is 12.1 Å². The Morgan fingerprint density at radius 2 is 2.07 bits per heavy atom. The van der Waals surface area contributed by atoms with Crippen LogP contribution in [0.4, 0.5) is 5.82 Å². The van der Waals surface area contributed by atoms with Crippen molar-refractivity contribution in [1.29, 1.82) is 0 Å². The molecule has 1 aromatic heterocycles. The van der Waals surface area contributed by atoms with E-state index in [-0.39, 0.29) is 0 Å². The first-order chi connectivity index (χ1) is 7.43. The van der Waals surface area contributed by atoms with Gasteiger partial charge in [-0.1, -0.05) is 17.7 Å². The molecule has 0 fully saturated rings. The summed E-state index contributed by atoms with van der Waals surface area (Å²) in [5.74, 6) is 0.697. The monoisotopic (exact) mass is 200 g/mol. The summed E-state index contributed by atoms with van der Waals surface area (Å²) in [5.41, 5.74) is 4.40. The van der Waals surface area contributed by atoms with Crippen molar-refractivity contribution < 1.29 is 4.84 Å². The topological polar surface area (TPSA) is 50.3 Å². The van der Waals surface area contributed by atoms with Crippen molar-refractivity contribution in [1.82, 2.24) is 15.6 Å². The highest BCUT2D eigenvalue weighted by Crippen LogP contribution is 2.15. The maximum absolute atomic E-state index is 4.85. The number of hydrazine groups is 1. The second-order valence-electron chi connectivity index (χ2n) is 3.08. The lowest BCUT2D eigenvalue weighted by atomic mass is 10.3. The minimum Gasteiger partial charge on any atom is -0.395 e. The fourth-order valence-electron chi connectivity index (χ4n) is 1.40. The quantitative estimate of drug-likeness (QED) is 0.753. The van der Waals surface area contributed by atoms with Crippen LogP contribution in [0, 0.1) is 0 Å². The molecule has 2 heterocycles. The molecule has 0 saturated carbocycles. The van der Waals surface area contributed by atoms with Crippen LogP contribution >= 0.6 is 0 Å². The van der Waals surface area contributed by atoms with Gasteiger partial charge in [-0.3, -0.25) is 4.98 Å². The van der Waals surface area contributed by atoms with Crippen LogP contribution in [-0.2, 0) is 4.84 Å². The number of fused-ring (bicyclic) bond motifs is 1. The molecule has 1 aliphatic heterocycles. The maximum Gasteiger partial charge on any atom is 0.168 e. The number of nitrogens with one attached hydrogen (secondary N) is 1. The summed E-state index contributed by atoms with van der Waals surface area (Å²) >= 11 is 0. The van der Waals surface area contributed by atoms with Gasteiger partial charge in [-0.25, -0.2) is 9.99 Å². The standard InChI is InChI=1S/C10H8N4O/c1-2-4-9-8(3-1)11-7-10(12-9)14-5-6-15-13-14/h1-7,13H. The normalized spacial score (nSPS) is 14.5. The fraction of sp³-hybridized carbons (Fsp3) is 0. The van der Waals surface area contributed by atoms with Crippen molar-refractivity contribution in [2.45, 2.75) is 0 Å². The van der Waals surface area contributed by atoms with E-state index in [9.17, 15) is 0 Å². The number of rotatable bonds is 1. The Labute approximate surface area is 85.9 Å². The lowest BCUT2D eigenvalue weighted by Gasteiger charge is -2.12. The van der Waals surface area contributed by atoms with Gasteiger partial charge in [0, 0.05) is 0 Å². The molecule has 2 aromatic rings. The average Bonchev–Trinajstić information content (AvgIpc) is 2.82. The number of nitrogens with zero attached hydrogens (tertiary/aromatic N) is 3. The number of anilines is 1. The number of para-hydroxylation sites is 2. The molecule has 15 heavy (non-hydrogen) atoms. The van der Waals surface area contributed by atoms with E-state index in [0.29, 0.717) is 5.82 Å². The molecule has 0 spiro atoms. The third kappa shape index (κ3) is 1.38. The van der Waals surface area contributed by atoms with Gasteiger partial charge in [0.1, 0.15) is 6.26 Å². The summed E-state index contributed by atoms with van der Waals surface area (Å²) in [6.07, 6.45) is 4.96. The molecule has 74 valence electrons. The number of hydrogen-bond donors (Lipinski definition) is 1. The first-order valence-corrected chi connectivity index (χ1v) is 4.52. The van der Waals surface area contributed by atoms with Crippen molar-refractivity contribution >= 4 is 16.9 Å². The Bertz CT molecular complexity index is 526. The van der Waals surface area contributed by atoms with E-state index in [1.807, 2.05) is 24.3 Å². The van der Waals surface area contributed by atoms with E-state index < -0.39 is 0 Å². The zero-order valence-corrected chi connectivity index (χ0v) is 7.79. The minimum absolute atomic E-state index is 0.697. The van der Waals surface area contributed by atoms with Crippen LogP contribution in [0.2, 0.25) is 0 Å². The average molecular weight is 200 g/mol. The molecule has 0 aliphatic carbocycles. The lowest BCUT2D eigenvalue weighted by Crippen LogP contribution is -2.27. The van der Waals surface area contributed by atoms with Crippen LogP contribution in [0.15, 0.2) is 42.9 Å². The Morgan fingerprint density at radius 3 is 2.87 bits per heavy atom. The van der Waals surface area contributed by atoms with Crippen molar-refractivity contribution in [3.63, 3.8) is 0 Å². The molecule has 0 unspecified atom stereocenters. The zero-order valence-electron chi connectivity index (χ0n) is 7.79. The summed E-state index contributed by atoms with van der Waals surface area (Å²) < 4.78 is 0. The van der Waals surface area contributed by atoms with E-state index in [1.54, 1.807) is 17.4 Å². The maximum atomic E-state index is 4.85. The highest BCUT2D eigenvalue weighted by atomic mass is 16.7. The smallest absolute Gasteiger partial charge is 0.168 e. The molecular formula is C10H8N4O. The van der Waals surface area contributed by atoms with E-state index in [1.165, 1.54) is 6.26 Å². The largest absolute Gasteiger partial charge is 0.395 e. The molecule has 1 N–H and O–H groups in total. The SMILES string of the molecule is C1=CN(c2cnc3ccccc3n2)NO1. The molecule has 5 nitrogen and oxygen atoms in total. The van der Waals surface area contributed by atoms with Gasteiger partial charge >= 0.3 is 0 Å². The molecule has 1 aliphatic rings. The molecule has 0 atom stereocenters. The van der Waals surface area contributed by atoms with E-state index in [0.717, 1.165) is 11.0 Å². The van der Waals surface area contributed by atoms with Gasteiger partial charge in [0.15, 0.2) is 5.82 Å². The summed E-state index contributed by atoms with van der Waals surface area (Å²) in [4.78, 5) is 13.6. The summed E-state index contributed by atoms with van der Waals surface area (Å²) in [5, 5.41) is 1.65. The van der Waals surface area contributed by atoms with Crippen molar-refractivity contribution in [2.24, 2.45) is 0 Å². The second-order valence-corrected chi connectivity index (χ2v) is 3.08. The Hall–Kier alpha value is -2.14. The van der Waals surface area contributed by atoms with E-state index in [2.05, 4.69) is 15.6 Å². The van der Waals surface area contributed by atoms with Gasteiger partial charge in [0.2, 0.25) is 0 Å². The molecular weight excluding hydrogens is 192 g/mol. The molecule has 1 aromatic carbocycles. The Kier molecular flexibility index (Phi) is 1.76. The molecule has 3 rings (SSSR count). The van der Waals surface area contributed by atoms with E-state index >= 15 is 0 Å². The first kappa shape index (κ1) is 8.19. The van der Waals surface area contributed by atoms with E-state index in [4.69, 9.17) is 4.84 Å². The van der Waals surface area contributed by atoms with Crippen LogP contribution in [0.5, 0.6) is 0 Å². The molecule has 0 amide bonds. The second kappa shape index (κ2) is 3.21. The third-order valence-corrected chi connectivity index (χ3v) is 2.11. The molecule has 0 saturated heterocycles. The van der Waals surface area contributed by atoms with Crippen LogP contribution < -0.4 is 10.6 Å². The molecule has 0 radical (unpaired) electrons. The molecule has 5 heteroatoms. The number of aromatic nitrogens is 2. The highest BCUT2D eigenvalue weighted by Gasteiger charge is 2.09. The Morgan fingerprint density at radius 1 is 1.20 bits per heavy atom. The number of benzene rings is 1. The minimum atomic E-state index is 0.697. The third-order valence-electron chi connectivity index (χ3n) is 2.11.